The van der Waals surface area contributed by atoms with Gasteiger partial charge in [0.1, 0.15) is 17.3 Å². The molecule has 2 aromatic carbocycles. The molecule has 0 saturated carbocycles. The first-order valence-corrected chi connectivity index (χ1v) is 8.00. The van der Waals surface area contributed by atoms with Gasteiger partial charge in [-0.25, -0.2) is 10.2 Å². The number of aromatic carboxylic acids is 1. The molecular formula is C20H16N2O5. The predicted octanol–water partition coefficient (Wildman–Crippen LogP) is 3.42. The minimum Gasteiger partial charge on any atom is -0.508 e. The van der Waals surface area contributed by atoms with Gasteiger partial charge in [-0.3, -0.25) is 4.79 Å². The summed E-state index contributed by atoms with van der Waals surface area (Å²) < 4.78 is 5.67. The van der Waals surface area contributed by atoms with Gasteiger partial charge in [0.25, 0.3) is 5.91 Å². The number of furan rings is 1. The Morgan fingerprint density at radius 2 is 1.74 bits per heavy atom. The van der Waals surface area contributed by atoms with Crippen molar-refractivity contribution in [2.45, 2.75) is 6.92 Å². The maximum absolute atomic E-state index is 11.9. The zero-order valence-corrected chi connectivity index (χ0v) is 14.3. The summed E-state index contributed by atoms with van der Waals surface area (Å²) in [7, 11) is 0. The van der Waals surface area contributed by atoms with Gasteiger partial charge in [0.05, 0.1) is 11.8 Å². The number of carboxylic acids is 1. The number of nitrogens with one attached hydrogen (secondary N) is 1. The highest BCUT2D eigenvalue weighted by Crippen LogP contribution is 2.26. The lowest BCUT2D eigenvalue weighted by atomic mass is 10.0. The summed E-state index contributed by atoms with van der Waals surface area (Å²) in [4.78, 5) is 22.9. The summed E-state index contributed by atoms with van der Waals surface area (Å²) in [5.41, 5.74) is 4.48. The van der Waals surface area contributed by atoms with E-state index in [0.717, 1.165) is 11.1 Å². The quantitative estimate of drug-likeness (QED) is 0.474. The Morgan fingerprint density at radius 1 is 1.04 bits per heavy atom. The number of benzene rings is 2. The standard InChI is InChI=1S/C20H16N2O5/c1-12-10-14(20(25)26)4-8-17(12)18-9-7-16(27-18)11-21-22-19(24)13-2-5-15(23)6-3-13/h2-11,23H,1H3,(H,22,24)(H,25,26)/b21-11+. The number of carboxylic acid groups (broad SMARTS) is 1. The second kappa shape index (κ2) is 7.57. The normalized spacial score (nSPS) is 10.9. The third kappa shape index (κ3) is 4.21. The average Bonchev–Trinajstić information content (AvgIpc) is 3.10. The Morgan fingerprint density at radius 3 is 2.41 bits per heavy atom. The molecule has 0 fully saturated rings. The van der Waals surface area contributed by atoms with Crippen molar-refractivity contribution in [1.29, 1.82) is 0 Å². The SMILES string of the molecule is Cc1cc(C(=O)O)ccc1-c1ccc(/C=N/NC(=O)c2ccc(O)cc2)o1. The maximum Gasteiger partial charge on any atom is 0.335 e. The number of hydrogen-bond donors (Lipinski definition) is 3. The number of aryl methyl sites for hydroxylation is 1. The second-order valence-corrected chi connectivity index (χ2v) is 5.78. The molecule has 0 bridgehead atoms. The molecule has 3 rings (SSSR count). The van der Waals surface area contributed by atoms with Crippen molar-refractivity contribution < 1.29 is 24.2 Å². The molecule has 3 N–H and O–H groups in total. The van der Waals surface area contributed by atoms with Crippen LogP contribution in [0, 0.1) is 6.92 Å². The minimum absolute atomic E-state index is 0.0739. The highest BCUT2D eigenvalue weighted by Gasteiger charge is 2.10. The summed E-state index contributed by atoms with van der Waals surface area (Å²) in [5, 5.41) is 22.1. The highest BCUT2D eigenvalue weighted by atomic mass is 16.4. The van der Waals surface area contributed by atoms with E-state index in [4.69, 9.17) is 9.52 Å². The number of phenols is 1. The van der Waals surface area contributed by atoms with Gasteiger partial charge in [-0.1, -0.05) is 6.07 Å². The van der Waals surface area contributed by atoms with Crippen LogP contribution in [0.4, 0.5) is 0 Å². The number of carbonyl (C=O) groups excluding carboxylic acids is 1. The number of amides is 1. The largest absolute Gasteiger partial charge is 0.508 e. The Labute approximate surface area is 154 Å². The van der Waals surface area contributed by atoms with E-state index in [0.29, 0.717) is 17.1 Å². The number of nitrogens with zero attached hydrogens (tertiary/aromatic N) is 1. The fourth-order valence-corrected chi connectivity index (χ4v) is 2.47. The maximum atomic E-state index is 11.9. The van der Waals surface area contributed by atoms with Gasteiger partial charge in [0.15, 0.2) is 0 Å². The molecule has 1 amide bonds. The molecule has 0 radical (unpaired) electrons. The molecule has 0 saturated heterocycles. The van der Waals surface area contributed by atoms with Gasteiger partial charge in [-0.2, -0.15) is 5.10 Å². The number of carbonyl (C=O) groups is 2. The molecule has 136 valence electrons. The van der Waals surface area contributed by atoms with Crippen LogP contribution in [0.5, 0.6) is 5.75 Å². The van der Waals surface area contributed by atoms with Gasteiger partial charge in [-0.05, 0) is 61.0 Å². The second-order valence-electron chi connectivity index (χ2n) is 5.78. The summed E-state index contributed by atoms with van der Waals surface area (Å²) in [6.45, 7) is 1.80. The molecule has 0 aliphatic carbocycles. The Kier molecular flexibility index (Phi) is 5.03. The molecule has 0 unspecified atom stereocenters. The van der Waals surface area contributed by atoms with Gasteiger partial charge in [0.2, 0.25) is 0 Å². The summed E-state index contributed by atoms with van der Waals surface area (Å²) in [5.74, 6) is -0.335. The van der Waals surface area contributed by atoms with Crippen LogP contribution in [0.1, 0.15) is 32.0 Å². The van der Waals surface area contributed by atoms with E-state index in [1.807, 2.05) is 0 Å². The zero-order valence-electron chi connectivity index (χ0n) is 14.3. The van der Waals surface area contributed by atoms with Crippen molar-refractivity contribution in [3.63, 3.8) is 0 Å². The Balaban J connectivity index is 1.69. The van der Waals surface area contributed by atoms with Crippen LogP contribution in [0.15, 0.2) is 64.1 Å². The van der Waals surface area contributed by atoms with Crippen LogP contribution in [-0.4, -0.2) is 28.3 Å². The third-order valence-electron chi connectivity index (χ3n) is 3.85. The van der Waals surface area contributed by atoms with Gasteiger partial charge in [-0.15, -0.1) is 0 Å². The molecule has 1 heterocycles. The molecule has 3 aromatic rings. The summed E-state index contributed by atoms with van der Waals surface area (Å²) in [6, 6.07) is 14.0. The number of phenolic OH excluding ortho intramolecular Hbond substituents is 1. The first-order valence-electron chi connectivity index (χ1n) is 8.00. The van der Waals surface area contributed by atoms with E-state index >= 15 is 0 Å². The molecule has 0 atom stereocenters. The van der Waals surface area contributed by atoms with Crippen LogP contribution in [0.25, 0.3) is 11.3 Å². The van der Waals surface area contributed by atoms with E-state index in [1.54, 1.807) is 31.2 Å². The lowest BCUT2D eigenvalue weighted by Gasteiger charge is -2.03. The van der Waals surface area contributed by atoms with Crippen molar-refractivity contribution in [3.05, 3.63) is 77.0 Å². The van der Waals surface area contributed by atoms with E-state index in [9.17, 15) is 14.7 Å². The monoisotopic (exact) mass is 364 g/mol. The molecule has 7 heteroatoms. The zero-order chi connectivity index (χ0) is 19.4. The summed E-state index contributed by atoms with van der Waals surface area (Å²) in [6.07, 6.45) is 1.36. The van der Waals surface area contributed by atoms with E-state index in [2.05, 4.69) is 10.5 Å². The third-order valence-corrected chi connectivity index (χ3v) is 3.85. The van der Waals surface area contributed by atoms with Gasteiger partial charge >= 0.3 is 5.97 Å². The molecule has 0 aliphatic rings. The lowest BCUT2D eigenvalue weighted by Crippen LogP contribution is -2.17. The molecule has 27 heavy (non-hydrogen) atoms. The average molecular weight is 364 g/mol. The van der Waals surface area contributed by atoms with Crippen LogP contribution >= 0.6 is 0 Å². The van der Waals surface area contributed by atoms with E-state index in [1.165, 1.54) is 36.5 Å². The van der Waals surface area contributed by atoms with Crippen LogP contribution in [0.3, 0.4) is 0 Å². The molecular weight excluding hydrogens is 348 g/mol. The molecule has 0 aliphatic heterocycles. The Hall–Kier alpha value is -3.87. The van der Waals surface area contributed by atoms with Crippen molar-refractivity contribution >= 4 is 18.1 Å². The van der Waals surface area contributed by atoms with Crippen molar-refractivity contribution in [2.24, 2.45) is 5.10 Å². The van der Waals surface area contributed by atoms with Crippen LogP contribution in [0.2, 0.25) is 0 Å². The first-order chi connectivity index (χ1) is 12.9. The Bertz CT molecular complexity index is 1020. The lowest BCUT2D eigenvalue weighted by molar-refractivity contribution is 0.0696. The fourth-order valence-electron chi connectivity index (χ4n) is 2.47. The van der Waals surface area contributed by atoms with Gasteiger partial charge in [0, 0.05) is 11.1 Å². The predicted molar refractivity (Wildman–Crippen MR) is 99.0 cm³/mol. The summed E-state index contributed by atoms with van der Waals surface area (Å²) >= 11 is 0. The van der Waals surface area contributed by atoms with Crippen molar-refractivity contribution in [2.75, 3.05) is 0 Å². The van der Waals surface area contributed by atoms with Crippen molar-refractivity contribution in [3.8, 4) is 17.1 Å². The number of rotatable bonds is 5. The number of hydrazone groups is 1. The molecule has 7 nitrogen and oxygen atoms in total. The van der Waals surface area contributed by atoms with E-state index in [-0.39, 0.29) is 11.3 Å². The van der Waals surface area contributed by atoms with Crippen LogP contribution in [-0.2, 0) is 0 Å². The highest BCUT2D eigenvalue weighted by molar-refractivity contribution is 5.94. The minimum atomic E-state index is -0.985. The molecule has 0 spiro atoms. The van der Waals surface area contributed by atoms with E-state index < -0.39 is 11.9 Å². The smallest absolute Gasteiger partial charge is 0.335 e. The van der Waals surface area contributed by atoms with Crippen LogP contribution < -0.4 is 5.43 Å². The fraction of sp³-hybridized carbons (Fsp3) is 0.0500. The topological polar surface area (TPSA) is 112 Å². The van der Waals surface area contributed by atoms with Gasteiger partial charge < -0.3 is 14.6 Å². The molecule has 1 aromatic heterocycles. The first kappa shape index (κ1) is 17.9. The number of aromatic hydroxyl groups is 1. The van der Waals surface area contributed by atoms with Crippen molar-refractivity contribution in [1.82, 2.24) is 5.43 Å². The number of hydrogen-bond acceptors (Lipinski definition) is 5.